The number of nitrogens with one attached hydrogen (secondary N) is 1. The van der Waals surface area contributed by atoms with Crippen molar-refractivity contribution in [1.29, 1.82) is 0 Å². The second-order valence-corrected chi connectivity index (χ2v) is 7.15. The molecule has 0 spiro atoms. The van der Waals surface area contributed by atoms with Gasteiger partial charge in [-0.25, -0.2) is 0 Å². The number of hydrogen-bond acceptors (Lipinski definition) is 2. The van der Waals surface area contributed by atoms with Crippen LogP contribution in [0.2, 0.25) is 0 Å². The smallest absolute Gasteiger partial charge is 0.250 e. The Balaban J connectivity index is 1.80. The quantitative estimate of drug-likeness (QED) is 0.618. The lowest BCUT2D eigenvalue weighted by Gasteiger charge is -2.29. The minimum absolute atomic E-state index is 0.185. The molecule has 1 N–H and O–H groups in total. The van der Waals surface area contributed by atoms with Gasteiger partial charge in [0.15, 0.2) is 4.87 Å². The molecule has 1 aliphatic rings. The molecule has 2 aromatic carbocycles. The summed E-state index contributed by atoms with van der Waals surface area (Å²) in [5, 5.41) is 3.07. The van der Waals surface area contributed by atoms with Gasteiger partial charge in [0.2, 0.25) is 0 Å². The highest BCUT2D eigenvalue weighted by molar-refractivity contribution is 6.37. The van der Waals surface area contributed by atoms with Gasteiger partial charge in [0.1, 0.15) is 0 Å². The van der Waals surface area contributed by atoms with Crippen LogP contribution in [-0.2, 0) is 9.67 Å². The highest BCUT2D eigenvalue weighted by Crippen LogP contribution is 2.37. The van der Waals surface area contributed by atoms with Crippen molar-refractivity contribution in [3.8, 4) is 0 Å². The van der Waals surface area contributed by atoms with Gasteiger partial charge < -0.3 is 5.32 Å². The van der Waals surface area contributed by atoms with Crippen molar-refractivity contribution >= 4 is 17.5 Å². The van der Waals surface area contributed by atoms with E-state index in [0.717, 1.165) is 37.2 Å². The molecule has 4 heteroatoms. The molecule has 26 heavy (non-hydrogen) atoms. The van der Waals surface area contributed by atoms with Crippen molar-refractivity contribution < 1.29 is 4.79 Å². The maximum absolute atomic E-state index is 13.1. The first-order valence-corrected chi connectivity index (χ1v) is 9.51. The maximum Gasteiger partial charge on any atom is 0.250 e. The summed E-state index contributed by atoms with van der Waals surface area (Å²) in [6, 6.07) is 19.1. The molecule has 3 nitrogen and oxygen atoms in total. The van der Waals surface area contributed by atoms with Gasteiger partial charge in [0.25, 0.3) is 5.91 Å². The fraction of sp³-hybridized carbons (Fsp3) is 0.318. The Morgan fingerprint density at radius 3 is 2.12 bits per heavy atom. The van der Waals surface area contributed by atoms with E-state index in [1.165, 1.54) is 5.57 Å². The van der Waals surface area contributed by atoms with E-state index >= 15 is 0 Å². The molecule has 2 aromatic rings. The summed E-state index contributed by atoms with van der Waals surface area (Å²) in [5.74, 6) is -0.185. The van der Waals surface area contributed by atoms with Crippen LogP contribution in [0.1, 0.15) is 24.5 Å². The molecule has 0 aromatic heterocycles. The lowest BCUT2D eigenvalue weighted by molar-refractivity contribution is -0.122. The number of hydrogen-bond donors (Lipinski definition) is 1. The number of nitrogens with zero attached hydrogens (tertiary/aromatic N) is 1. The number of alkyl halides is 1. The molecule has 136 valence electrons. The third-order valence-electron chi connectivity index (χ3n) is 4.97. The van der Waals surface area contributed by atoms with Crippen LogP contribution in [0.3, 0.4) is 0 Å². The molecule has 0 fully saturated rings. The van der Waals surface area contributed by atoms with Crippen molar-refractivity contribution in [2.45, 2.75) is 18.2 Å². The first kappa shape index (κ1) is 18.7. The number of halogens is 1. The average Bonchev–Trinajstić information content (AvgIpc) is 2.73. The van der Waals surface area contributed by atoms with Gasteiger partial charge in [-0.2, -0.15) is 0 Å². The lowest BCUT2D eigenvalue weighted by Crippen LogP contribution is -2.42. The summed E-state index contributed by atoms with van der Waals surface area (Å²) in [5.41, 5.74) is 2.82. The number of rotatable bonds is 6. The Morgan fingerprint density at radius 1 is 1.08 bits per heavy atom. The number of carbonyl (C=O) groups is 1. The van der Waals surface area contributed by atoms with E-state index in [9.17, 15) is 4.79 Å². The van der Waals surface area contributed by atoms with E-state index in [1.54, 1.807) is 0 Å². The summed E-state index contributed by atoms with van der Waals surface area (Å²) in [6.07, 6.45) is 3.20. The largest absolute Gasteiger partial charge is 0.350 e. The van der Waals surface area contributed by atoms with E-state index in [2.05, 4.69) is 23.2 Å². The van der Waals surface area contributed by atoms with E-state index < -0.39 is 4.87 Å². The SMILES string of the molecule is CCN1CC=C(CNC(=O)C(Cl)(c2ccccc2)c2ccccc2)CC1. The van der Waals surface area contributed by atoms with Crippen LogP contribution in [0, 0.1) is 0 Å². The first-order chi connectivity index (χ1) is 12.6. The summed E-state index contributed by atoms with van der Waals surface area (Å²) in [4.78, 5) is 14.3. The highest BCUT2D eigenvalue weighted by atomic mass is 35.5. The third-order valence-corrected chi connectivity index (χ3v) is 5.57. The number of carbonyl (C=O) groups excluding carboxylic acids is 1. The second kappa shape index (κ2) is 8.52. The van der Waals surface area contributed by atoms with Crippen molar-refractivity contribution in [3.63, 3.8) is 0 Å². The third kappa shape index (κ3) is 4.00. The highest BCUT2D eigenvalue weighted by Gasteiger charge is 2.39. The van der Waals surface area contributed by atoms with Crippen molar-refractivity contribution in [3.05, 3.63) is 83.4 Å². The second-order valence-electron chi connectivity index (χ2n) is 6.58. The van der Waals surface area contributed by atoms with E-state index in [1.807, 2.05) is 60.7 Å². The van der Waals surface area contributed by atoms with E-state index in [4.69, 9.17) is 11.6 Å². The van der Waals surface area contributed by atoms with Crippen molar-refractivity contribution in [2.75, 3.05) is 26.2 Å². The zero-order valence-corrected chi connectivity index (χ0v) is 15.9. The fourth-order valence-electron chi connectivity index (χ4n) is 3.28. The Morgan fingerprint density at radius 2 is 1.65 bits per heavy atom. The summed E-state index contributed by atoms with van der Waals surface area (Å²) in [7, 11) is 0. The molecule has 0 saturated heterocycles. The van der Waals surface area contributed by atoms with Crippen LogP contribution in [0.25, 0.3) is 0 Å². The minimum atomic E-state index is -1.23. The zero-order chi connectivity index (χ0) is 18.4. The number of amides is 1. The molecular formula is C22H25ClN2O. The molecule has 0 atom stereocenters. The molecule has 0 bridgehead atoms. The van der Waals surface area contributed by atoms with Crippen molar-refractivity contribution in [1.82, 2.24) is 10.2 Å². The minimum Gasteiger partial charge on any atom is -0.350 e. The van der Waals surface area contributed by atoms with Crippen LogP contribution >= 0.6 is 11.6 Å². The molecule has 0 radical (unpaired) electrons. The summed E-state index contributed by atoms with van der Waals surface area (Å²) in [6.45, 7) is 5.77. The van der Waals surface area contributed by atoms with Gasteiger partial charge in [0, 0.05) is 19.6 Å². The van der Waals surface area contributed by atoms with E-state index in [-0.39, 0.29) is 5.91 Å². The number of likely N-dealkylation sites (N-methyl/N-ethyl adjacent to an activating group) is 1. The molecule has 1 aliphatic heterocycles. The average molecular weight is 369 g/mol. The summed E-state index contributed by atoms with van der Waals surface area (Å²) >= 11 is 6.96. The molecule has 0 unspecified atom stereocenters. The molecular weight excluding hydrogens is 344 g/mol. The maximum atomic E-state index is 13.1. The molecule has 0 aliphatic carbocycles. The molecule has 1 heterocycles. The van der Waals surface area contributed by atoms with Crippen LogP contribution in [0.5, 0.6) is 0 Å². The molecule has 1 amide bonds. The Labute approximate surface area is 160 Å². The normalized spacial score (nSPS) is 15.4. The lowest BCUT2D eigenvalue weighted by atomic mass is 9.89. The summed E-state index contributed by atoms with van der Waals surface area (Å²) < 4.78 is 0. The van der Waals surface area contributed by atoms with Gasteiger partial charge in [-0.3, -0.25) is 9.69 Å². The predicted octanol–water partition coefficient (Wildman–Crippen LogP) is 3.94. The van der Waals surface area contributed by atoms with Gasteiger partial charge in [-0.1, -0.05) is 90.8 Å². The standard InChI is InChI=1S/C22H25ClN2O/c1-2-25-15-13-18(14-16-25)17-24-21(26)22(23,19-9-5-3-6-10-19)20-11-7-4-8-12-20/h3-13H,2,14-17H2,1H3,(H,24,26). The molecule has 0 saturated carbocycles. The molecule has 3 rings (SSSR count). The van der Waals surface area contributed by atoms with Crippen molar-refractivity contribution in [2.24, 2.45) is 0 Å². The topological polar surface area (TPSA) is 32.3 Å². The monoisotopic (exact) mass is 368 g/mol. The van der Waals surface area contributed by atoms with Gasteiger partial charge in [-0.05, 0) is 24.1 Å². The van der Waals surface area contributed by atoms with Gasteiger partial charge in [0.05, 0.1) is 0 Å². The fourth-order valence-corrected chi connectivity index (χ4v) is 3.60. The van der Waals surface area contributed by atoms with Crippen LogP contribution in [0.15, 0.2) is 72.3 Å². The Hall–Kier alpha value is -2.10. The van der Waals surface area contributed by atoms with Crippen LogP contribution in [0.4, 0.5) is 0 Å². The zero-order valence-electron chi connectivity index (χ0n) is 15.1. The van der Waals surface area contributed by atoms with Gasteiger partial charge in [-0.15, -0.1) is 0 Å². The Kier molecular flexibility index (Phi) is 6.12. The predicted molar refractivity (Wildman–Crippen MR) is 107 cm³/mol. The Bertz CT molecular complexity index is 719. The van der Waals surface area contributed by atoms with Crippen LogP contribution < -0.4 is 5.32 Å². The number of benzene rings is 2. The van der Waals surface area contributed by atoms with Gasteiger partial charge >= 0.3 is 0 Å². The van der Waals surface area contributed by atoms with E-state index in [0.29, 0.717) is 6.54 Å². The first-order valence-electron chi connectivity index (χ1n) is 9.13. The van der Waals surface area contributed by atoms with Crippen LogP contribution in [-0.4, -0.2) is 37.0 Å².